The van der Waals surface area contributed by atoms with Gasteiger partial charge in [-0.1, -0.05) is 0 Å². The van der Waals surface area contributed by atoms with Gasteiger partial charge in [0, 0.05) is 11.9 Å². The number of nitrogens with zero attached hydrogens (tertiary/aromatic N) is 4. The summed E-state index contributed by atoms with van der Waals surface area (Å²) in [7, 11) is 0. The zero-order valence-electron chi connectivity index (χ0n) is 10.8. The lowest BCUT2D eigenvalue weighted by atomic mass is 10.3. The summed E-state index contributed by atoms with van der Waals surface area (Å²) in [6.45, 7) is -0.177. The van der Waals surface area contributed by atoms with Gasteiger partial charge in [-0.2, -0.15) is 10.5 Å². The highest BCUT2D eigenvalue weighted by Gasteiger charge is 2.05. The molecular formula is C12H11N7O2. The van der Waals surface area contributed by atoms with Gasteiger partial charge in [0.15, 0.2) is 6.61 Å². The summed E-state index contributed by atoms with van der Waals surface area (Å²) in [5.41, 5.74) is 5.93. The molecule has 1 aromatic heterocycles. The van der Waals surface area contributed by atoms with Gasteiger partial charge in [-0.05, 0) is 29.5 Å². The summed E-state index contributed by atoms with van der Waals surface area (Å²) >= 11 is 0. The first-order valence-electron chi connectivity index (χ1n) is 5.81. The molecule has 9 heteroatoms. The molecule has 106 valence electrons. The monoisotopic (exact) mass is 285 g/mol. The lowest BCUT2D eigenvalue weighted by Crippen LogP contribution is -2.19. The van der Waals surface area contributed by atoms with E-state index < -0.39 is 5.91 Å². The highest BCUT2D eigenvalue weighted by molar-refractivity contribution is 5.75. The number of hydrogen-bond acceptors (Lipinski definition) is 7. The van der Waals surface area contributed by atoms with Gasteiger partial charge in [0.2, 0.25) is 5.82 Å². The van der Waals surface area contributed by atoms with Crippen LogP contribution in [0.5, 0.6) is 5.75 Å². The van der Waals surface area contributed by atoms with Crippen LogP contribution in [-0.4, -0.2) is 33.1 Å². The second-order valence-corrected chi connectivity index (χ2v) is 3.83. The topological polar surface area (TPSA) is 143 Å². The third-order valence-corrected chi connectivity index (χ3v) is 2.33. The Morgan fingerprint density at radius 1 is 1.48 bits per heavy atom. The Bertz CT molecular complexity index is 671. The maximum Gasteiger partial charge on any atom is 0.255 e. The number of nitriles is 1. The number of nitrogens with one attached hydrogen (secondary N) is 2. The molecule has 4 N–H and O–H groups in total. The van der Waals surface area contributed by atoms with Crippen LogP contribution < -0.4 is 15.8 Å². The van der Waals surface area contributed by atoms with Crippen molar-refractivity contribution in [2.24, 2.45) is 5.73 Å². The van der Waals surface area contributed by atoms with Gasteiger partial charge in [-0.15, -0.1) is 10.2 Å². The Morgan fingerprint density at radius 2 is 2.24 bits per heavy atom. The van der Waals surface area contributed by atoms with E-state index in [1.165, 1.54) is 6.20 Å². The standard InChI is InChI=1S/C12H11N7O2/c13-5-8(12-16-18-19-17-12)6-15-9-1-3-10(4-2-9)21-7-11(14)20/h1-4,6,15H,7H2,(H2,14,20)(H,16,17,18,19). The normalized spacial score (nSPS) is 10.7. The van der Waals surface area contributed by atoms with Gasteiger partial charge in [0.25, 0.3) is 5.91 Å². The van der Waals surface area contributed by atoms with Crippen LogP contribution >= 0.6 is 0 Å². The fourth-order valence-corrected chi connectivity index (χ4v) is 1.38. The molecule has 21 heavy (non-hydrogen) atoms. The number of rotatable bonds is 6. The average molecular weight is 285 g/mol. The molecule has 0 saturated heterocycles. The number of ether oxygens (including phenoxy) is 1. The molecule has 0 aliphatic carbocycles. The van der Waals surface area contributed by atoms with Crippen molar-refractivity contribution in [2.75, 3.05) is 11.9 Å². The third-order valence-electron chi connectivity index (χ3n) is 2.33. The van der Waals surface area contributed by atoms with E-state index in [4.69, 9.17) is 15.7 Å². The molecule has 0 spiro atoms. The van der Waals surface area contributed by atoms with Crippen LogP contribution in [0.4, 0.5) is 5.69 Å². The lowest BCUT2D eigenvalue weighted by molar-refractivity contribution is -0.119. The number of benzene rings is 1. The number of anilines is 1. The maximum absolute atomic E-state index is 10.6. The molecule has 1 aromatic carbocycles. The first-order chi connectivity index (χ1) is 10.2. The molecule has 0 saturated carbocycles. The first kappa shape index (κ1) is 14.0. The Kier molecular flexibility index (Phi) is 4.45. The largest absolute Gasteiger partial charge is 0.484 e. The summed E-state index contributed by atoms with van der Waals surface area (Å²) in [6, 6.07) is 8.73. The molecule has 2 rings (SSSR count). The van der Waals surface area contributed by atoms with Gasteiger partial charge in [0.05, 0.1) is 0 Å². The van der Waals surface area contributed by atoms with Gasteiger partial charge in [-0.3, -0.25) is 4.79 Å². The number of amides is 1. The second-order valence-electron chi connectivity index (χ2n) is 3.83. The Hall–Kier alpha value is -3.41. The number of carbonyl (C=O) groups excluding carboxylic acids is 1. The van der Waals surface area contributed by atoms with Crippen molar-refractivity contribution in [2.45, 2.75) is 0 Å². The molecule has 0 aliphatic rings. The summed E-state index contributed by atoms with van der Waals surface area (Å²) in [5.74, 6) is 0.173. The zero-order chi connectivity index (χ0) is 15.1. The number of carbonyl (C=O) groups is 1. The molecule has 2 aromatic rings. The van der Waals surface area contributed by atoms with E-state index in [9.17, 15) is 4.79 Å². The number of allylic oxidation sites excluding steroid dienone is 1. The minimum atomic E-state index is -0.543. The van der Waals surface area contributed by atoms with Crippen molar-refractivity contribution in [1.29, 1.82) is 5.26 Å². The molecule has 0 aliphatic heterocycles. The van der Waals surface area contributed by atoms with E-state index in [0.29, 0.717) is 5.75 Å². The van der Waals surface area contributed by atoms with Crippen molar-refractivity contribution in [3.05, 3.63) is 36.3 Å². The fourth-order valence-electron chi connectivity index (χ4n) is 1.38. The number of primary amides is 1. The average Bonchev–Trinajstić information content (AvgIpc) is 3.01. The van der Waals surface area contributed by atoms with Crippen LogP contribution in [0.25, 0.3) is 5.57 Å². The summed E-state index contributed by atoms with van der Waals surface area (Å²) in [4.78, 5) is 10.6. The predicted octanol–water partition coefficient (Wildman–Crippen LogP) is 0.0404. The smallest absolute Gasteiger partial charge is 0.255 e. The zero-order valence-corrected chi connectivity index (χ0v) is 10.8. The number of aromatic nitrogens is 4. The van der Waals surface area contributed by atoms with Crippen LogP contribution in [-0.2, 0) is 4.79 Å². The van der Waals surface area contributed by atoms with Crippen molar-refractivity contribution >= 4 is 17.2 Å². The van der Waals surface area contributed by atoms with Crippen molar-refractivity contribution in [3.63, 3.8) is 0 Å². The van der Waals surface area contributed by atoms with Crippen molar-refractivity contribution < 1.29 is 9.53 Å². The SMILES string of the molecule is N#CC(=CNc1ccc(OCC(N)=O)cc1)c1nn[nH]n1. The van der Waals surface area contributed by atoms with Gasteiger partial charge < -0.3 is 15.8 Å². The maximum atomic E-state index is 10.6. The van der Waals surface area contributed by atoms with Crippen LogP contribution in [0, 0.1) is 11.3 Å². The highest BCUT2D eigenvalue weighted by atomic mass is 16.5. The third kappa shape index (κ3) is 4.03. The number of H-pyrrole nitrogens is 1. The van der Waals surface area contributed by atoms with Crippen molar-refractivity contribution in [3.8, 4) is 11.8 Å². The lowest BCUT2D eigenvalue weighted by Gasteiger charge is -2.05. The van der Waals surface area contributed by atoms with E-state index in [2.05, 4.69) is 25.9 Å². The van der Waals surface area contributed by atoms with E-state index in [-0.39, 0.29) is 18.0 Å². The molecule has 0 bridgehead atoms. The quantitative estimate of drug-likeness (QED) is 0.636. The Morgan fingerprint density at radius 3 is 2.81 bits per heavy atom. The molecular weight excluding hydrogens is 274 g/mol. The van der Waals surface area contributed by atoms with Crippen molar-refractivity contribution in [1.82, 2.24) is 20.6 Å². The fraction of sp³-hybridized carbons (Fsp3) is 0.0833. The first-order valence-corrected chi connectivity index (χ1v) is 5.81. The molecule has 0 unspecified atom stereocenters. The van der Waals surface area contributed by atoms with Crippen LogP contribution in [0.2, 0.25) is 0 Å². The van der Waals surface area contributed by atoms with E-state index in [1.54, 1.807) is 24.3 Å². The van der Waals surface area contributed by atoms with Gasteiger partial charge in [-0.25, -0.2) is 0 Å². The number of aromatic amines is 1. The minimum absolute atomic E-state index is 0.177. The molecule has 1 heterocycles. The predicted molar refractivity (Wildman–Crippen MR) is 72.5 cm³/mol. The summed E-state index contributed by atoms with van der Waals surface area (Å²) in [5, 5.41) is 25.0. The van der Waals surface area contributed by atoms with E-state index in [1.807, 2.05) is 6.07 Å². The highest BCUT2D eigenvalue weighted by Crippen LogP contribution is 2.16. The molecule has 1 amide bonds. The summed E-state index contributed by atoms with van der Waals surface area (Å²) < 4.78 is 5.13. The van der Waals surface area contributed by atoms with E-state index in [0.717, 1.165) is 5.69 Å². The molecule has 0 atom stereocenters. The minimum Gasteiger partial charge on any atom is -0.484 e. The van der Waals surface area contributed by atoms with Crippen LogP contribution in [0.1, 0.15) is 5.82 Å². The molecule has 0 radical (unpaired) electrons. The number of nitrogens with two attached hydrogens (primary N) is 1. The molecule has 9 nitrogen and oxygen atoms in total. The molecule has 0 fully saturated rings. The summed E-state index contributed by atoms with van der Waals surface area (Å²) in [6.07, 6.45) is 1.46. The number of tetrazole rings is 1. The number of hydrogen-bond donors (Lipinski definition) is 3. The van der Waals surface area contributed by atoms with E-state index >= 15 is 0 Å². The Balaban J connectivity index is 2.00. The van der Waals surface area contributed by atoms with Crippen LogP contribution in [0.3, 0.4) is 0 Å². The Labute approximate surface area is 119 Å². The second kappa shape index (κ2) is 6.67. The van der Waals surface area contributed by atoms with Gasteiger partial charge in [0.1, 0.15) is 17.4 Å². The van der Waals surface area contributed by atoms with Gasteiger partial charge >= 0.3 is 0 Å². The van der Waals surface area contributed by atoms with Crippen LogP contribution in [0.15, 0.2) is 30.5 Å².